The summed E-state index contributed by atoms with van der Waals surface area (Å²) >= 11 is 0. The minimum absolute atomic E-state index is 0.0147. The number of carbonyl (C=O) groups excluding carboxylic acids is 12. The van der Waals surface area contributed by atoms with Crippen molar-refractivity contribution in [3.05, 3.63) is 73.1 Å². The Morgan fingerprint density at radius 3 is 1.32 bits per heavy atom. The Morgan fingerprint density at radius 2 is 0.793 bits per heavy atom. The highest BCUT2D eigenvalue weighted by molar-refractivity contribution is 5.90. The molecule has 7 aliphatic heterocycles. The van der Waals surface area contributed by atoms with E-state index in [1.807, 2.05) is 120 Å². The maximum atomic E-state index is 13.6. The van der Waals surface area contributed by atoms with Crippen LogP contribution in [0.15, 0.2) is 73.1 Å². The van der Waals surface area contributed by atoms with E-state index >= 15 is 0 Å². The van der Waals surface area contributed by atoms with Gasteiger partial charge in [-0.25, -0.2) is 28.8 Å². The first-order valence-electron chi connectivity index (χ1n) is 39.0. The van der Waals surface area contributed by atoms with E-state index in [1.165, 1.54) is 32.3 Å². The van der Waals surface area contributed by atoms with Gasteiger partial charge in [0.2, 0.25) is 24.4 Å². The van der Waals surface area contributed by atoms with Crippen LogP contribution in [0.1, 0.15) is 221 Å². The fraction of sp³-hybridized carbons (Fsp3) is 0.711. The van der Waals surface area contributed by atoms with Crippen LogP contribution < -0.4 is 0 Å². The number of fused-ring (bicyclic) bond motifs is 6. The molecule has 6 saturated heterocycles. The van der Waals surface area contributed by atoms with E-state index in [2.05, 4.69) is 18.2 Å². The first-order chi connectivity index (χ1) is 51.8. The van der Waals surface area contributed by atoms with Gasteiger partial charge in [0.05, 0.1) is 57.2 Å². The number of alkyl halides is 3. The van der Waals surface area contributed by atoms with E-state index in [4.69, 9.17) is 61.6 Å². The Hall–Kier alpha value is -8.33. The Labute approximate surface area is 648 Å². The number of allylic oxidation sites excluding steroid dienone is 6. The summed E-state index contributed by atoms with van der Waals surface area (Å²) in [5, 5.41) is 0. The molecule has 28 heteroatoms. The number of ether oxygens (including phenoxy) is 13. The normalized spacial score (nSPS) is 31.0. The van der Waals surface area contributed by atoms with Crippen LogP contribution in [0.4, 0.5) is 13.2 Å². The van der Waals surface area contributed by atoms with Crippen molar-refractivity contribution in [2.24, 2.45) is 68.0 Å². The zero-order valence-corrected chi connectivity index (χ0v) is 67.4. The topological polar surface area (TPSA) is 325 Å². The third-order valence-corrected chi connectivity index (χ3v) is 23.8. The summed E-state index contributed by atoms with van der Waals surface area (Å²) in [4.78, 5) is 143. The summed E-state index contributed by atoms with van der Waals surface area (Å²) < 4.78 is 108. The molecule has 5 aliphatic carbocycles. The quantitative estimate of drug-likeness (QED) is 0.0699. The van der Waals surface area contributed by atoms with E-state index < -0.39 is 147 Å². The molecule has 25 nitrogen and oxygen atoms in total. The van der Waals surface area contributed by atoms with Crippen LogP contribution in [0.2, 0.25) is 0 Å². The van der Waals surface area contributed by atoms with Gasteiger partial charge in [-0.05, 0) is 178 Å². The van der Waals surface area contributed by atoms with Crippen molar-refractivity contribution in [3.8, 4) is 0 Å². The first-order valence-corrected chi connectivity index (χ1v) is 39.0. The molecule has 111 heavy (non-hydrogen) atoms. The standard InChI is InChI=1S/2C15H22O4.C14H17F3O4.C14H20O4.C13H18O4.C12H16O5/c1-4-15(2,3)14(17)19-12-11-8-6-5-7-10(11)9-18-13(12)16;1-4-15(2,3)14(17)19-12-9-10-7-5-6-8-11(10)18-13(12)16;1-4-12(2,3)10(18)21-13(14(15,16)17)8-6-5-7-9(8)20-11(13)19;1-4-14(2,3)13(16)18-11-9-7-5-6-8-10(9)17-12(11)15;1-4-13(2,3)12(15)17-10-8-6-5-7-9(8)16-11(10)14;1-4-12(2,3)11(14)17-9-8-7(5-6-15-8)16-10(9)13/h2*5-6,10-12H,4,7-9H2,1-3H3;5,7-9H,4,6H2,1-3H3;5-6,9-11H,4,7-8H2,1-3H3;5,7-10H,4,6H2,1-3H3;5-9H,4H2,1-3H3. The number of rotatable bonds is 18. The first kappa shape index (κ1) is 89.9. The van der Waals surface area contributed by atoms with Gasteiger partial charge < -0.3 is 61.6 Å². The lowest BCUT2D eigenvalue weighted by Crippen LogP contribution is -2.58. The van der Waals surface area contributed by atoms with Gasteiger partial charge in [0.1, 0.15) is 24.4 Å². The highest BCUT2D eigenvalue weighted by atomic mass is 19.4. The van der Waals surface area contributed by atoms with Crippen molar-refractivity contribution < 1.29 is 132 Å². The van der Waals surface area contributed by atoms with Crippen LogP contribution >= 0.6 is 0 Å². The minimum atomic E-state index is -5.02. The number of cyclic esters (lactones) is 1. The molecule has 12 aliphatic rings. The smallest absolute Gasteiger partial charge is 0.440 e. The Balaban J connectivity index is 0.000000185. The number of hydrogen-bond acceptors (Lipinski definition) is 25. The van der Waals surface area contributed by atoms with Gasteiger partial charge in [-0.15, -0.1) is 0 Å². The molecule has 12 rings (SSSR count). The molecule has 7 heterocycles. The van der Waals surface area contributed by atoms with Crippen LogP contribution in [0, 0.1) is 68.0 Å². The second kappa shape index (κ2) is 36.7. The summed E-state index contributed by atoms with van der Waals surface area (Å²) in [5.74, 6) is -7.04. The van der Waals surface area contributed by atoms with Crippen molar-refractivity contribution in [2.45, 2.75) is 300 Å². The highest BCUT2D eigenvalue weighted by Crippen LogP contribution is 2.52. The summed E-state index contributed by atoms with van der Waals surface area (Å²) in [6.45, 7) is 32.9. The summed E-state index contributed by atoms with van der Waals surface area (Å²) in [6, 6.07) is 0. The molecule has 18 unspecified atom stereocenters. The number of carbonyl (C=O) groups is 12. The van der Waals surface area contributed by atoms with Crippen molar-refractivity contribution in [1.29, 1.82) is 0 Å². The lowest BCUT2D eigenvalue weighted by atomic mass is 9.78. The molecule has 6 fully saturated rings. The lowest BCUT2D eigenvalue weighted by molar-refractivity contribution is -0.274. The zero-order valence-electron chi connectivity index (χ0n) is 67.4. The molecule has 0 radical (unpaired) electrons. The van der Waals surface area contributed by atoms with Gasteiger partial charge in [0, 0.05) is 42.9 Å². The maximum absolute atomic E-state index is 13.6. The zero-order chi connectivity index (χ0) is 82.7. The van der Waals surface area contributed by atoms with Crippen molar-refractivity contribution in [1.82, 2.24) is 0 Å². The Kier molecular flexibility index (Phi) is 29.7. The van der Waals surface area contributed by atoms with E-state index in [0.717, 1.165) is 44.9 Å². The number of hydrogen-bond donors (Lipinski definition) is 0. The largest absolute Gasteiger partial charge is 0.489 e. The predicted molar refractivity (Wildman–Crippen MR) is 391 cm³/mol. The van der Waals surface area contributed by atoms with Crippen molar-refractivity contribution in [3.63, 3.8) is 0 Å². The summed E-state index contributed by atoms with van der Waals surface area (Å²) in [5.41, 5.74) is -7.13. The third-order valence-electron chi connectivity index (χ3n) is 23.8. The van der Waals surface area contributed by atoms with E-state index in [1.54, 1.807) is 26.8 Å². The van der Waals surface area contributed by atoms with E-state index in [-0.39, 0.29) is 78.2 Å². The van der Waals surface area contributed by atoms with Gasteiger partial charge in [-0.1, -0.05) is 90.2 Å². The molecule has 0 aromatic heterocycles. The molecule has 0 aromatic carbocycles. The molecular formula is C83H115F3O25. The van der Waals surface area contributed by atoms with Gasteiger partial charge in [0.25, 0.3) is 0 Å². The molecule has 18 atom stereocenters. The average Bonchev–Trinajstić information content (AvgIpc) is 1.57. The van der Waals surface area contributed by atoms with E-state index in [9.17, 15) is 70.7 Å². The van der Waals surface area contributed by atoms with Crippen molar-refractivity contribution in [2.75, 3.05) is 6.61 Å². The molecule has 0 bridgehead atoms. The molecular weight excluding hydrogens is 1450 g/mol. The monoisotopic (exact) mass is 1570 g/mol. The lowest BCUT2D eigenvalue weighted by Gasteiger charge is -2.38. The Bertz CT molecular complexity index is 3530. The molecule has 0 aromatic rings. The predicted octanol–water partition coefficient (Wildman–Crippen LogP) is 13.1. The van der Waals surface area contributed by atoms with E-state index in [0.29, 0.717) is 51.6 Å². The average molecular weight is 1570 g/mol. The van der Waals surface area contributed by atoms with Crippen molar-refractivity contribution >= 4 is 71.6 Å². The maximum Gasteiger partial charge on any atom is 0.440 e. The van der Waals surface area contributed by atoms with Crippen LogP contribution in [-0.4, -0.2) is 157 Å². The third kappa shape index (κ3) is 20.9. The van der Waals surface area contributed by atoms with Gasteiger partial charge >= 0.3 is 83.4 Å². The molecule has 0 amide bonds. The highest BCUT2D eigenvalue weighted by Gasteiger charge is 2.75. The second-order valence-electron chi connectivity index (χ2n) is 33.9. The second-order valence-corrected chi connectivity index (χ2v) is 33.9. The van der Waals surface area contributed by atoms with Gasteiger partial charge in [-0.2, -0.15) is 13.2 Å². The Morgan fingerprint density at radius 1 is 0.396 bits per heavy atom. The molecule has 618 valence electrons. The number of halogens is 3. The van der Waals surface area contributed by atoms with Crippen LogP contribution in [-0.2, 0) is 119 Å². The molecule has 0 saturated carbocycles. The van der Waals surface area contributed by atoms with Gasteiger partial charge in [0.15, 0.2) is 18.3 Å². The van der Waals surface area contributed by atoms with Crippen LogP contribution in [0.5, 0.6) is 0 Å². The van der Waals surface area contributed by atoms with Crippen LogP contribution in [0.3, 0.4) is 0 Å². The summed E-state index contributed by atoms with van der Waals surface area (Å²) in [7, 11) is 0. The fourth-order valence-electron chi connectivity index (χ4n) is 13.1. The number of esters is 12. The fourth-order valence-corrected chi connectivity index (χ4v) is 13.1. The van der Waals surface area contributed by atoms with Gasteiger partial charge in [-0.3, -0.25) is 28.8 Å². The summed E-state index contributed by atoms with van der Waals surface area (Å²) in [6.07, 6.45) is 20.8. The van der Waals surface area contributed by atoms with Crippen LogP contribution in [0.25, 0.3) is 0 Å². The molecule has 0 N–H and O–H groups in total. The SMILES string of the molecule is CCC(C)(C)C(=O)OC1(C(F)(F)F)C(=O)OC2C=CCC21.CCC(C)(C)C(=O)OC1C(=O)OC2C=CCC21.CCC(C)(C)C(=O)OC1C(=O)OC2C=COC21.CCC(C)(C)C(=O)OC1C(=O)OC2CC=CCC21.CCC(C)(C)C(=O)OC1C(=O)OCC2CC=CCC21.CCC(C)(C)C(=O)OC1CC2CC=CCC2OC1=O. The molecule has 0 spiro atoms. The minimum Gasteiger partial charge on any atom is -0.489 e.